The number of nitrogens with one attached hydrogen (secondary N) is 1. The number of nitrogens with zero attached hydrogens (tertiary/aromatic N) is 2. The third-order valence-electron chi connectivity index (χ3n) is 4.21. The Morgan fingerprint density at radius 2 is 2.00 bits per heavy atom. The normalized spacial score (nSPS) is 10.9. The summed E-state index contributed by atoms with van der Waals surface area (Å²) in [6, 6.07) is 8.37. The number of benzene rings is 1. The van der Waals surface area contributed by atoms with Crippen LogP contribution in [-0.4, -0.2) is 28.3 Å². The Morgan fingerprint density at radius 3 is 2.70 bits per heavy atom. The quantitative estimate of drug-likeness (QED) is 0.609. The molecule has 1 aromatic carbocycles. The van der Waals surface area contributed by atoms with Gasteiger partial charge in [0.25, 0.3) is 0 Å². The zero-order chi connectivity index (χ0) is 19.2. The predicted octanol–water partition coefficient (Wildman–Crippen LogP) is 4.32. The van der Waals surface area contributed by atoms with Crippen molar-refractivity contribution in [2.24, 2.45) is 0 Å². The smallest absolute Gasteiger partial charge is 0.230 e. The summed E-state index contributed by atoms with van der Waals surface area (Å²) in [5.41, 5.74) is 5.37. The zero-order valence-electron chi connectivity index (χ0n) is 15.7. The average Bonchev–Trinajstić information content (AvgIpc) is 3.24. The van der Waals surface area contributed by atoms with Crippen LogP contribution in [0.3, 0.4) is 0 Å². The summed E-state index contributed by atoms with van der Waals surface area (Å²) < 4.78 is 5.14. The minimum Gasteiger partial charge on any atom is -0.361 e. The van der Waals surface area contributed by atoms with Crippen LogP contribution in [0.5, 0.6) is 0 Å². The molecule has 0 saturated carbocycles. The molecule has 1 N–H and O–H groups in total. The zero-order valence-corrected chi connectivity index (χ0v) is 17.4. The summed E-state index contributed by atoms with van der Waals surface area (Å²) >= 11 is 3.21. The highest BCUT2D eigenvalue weighted by Gasteiger charge is 2.10. The van der Waals surface area contributed by atoms with Crippen LogP contribution >= 0.6 is 23.1 Å². The molecule has 2 aromatic heterocycles. The second-order valence-electron chi connectivity index (χ2n) is 6.41. The van der Waals surface area contributed by atoms with E-state index in [9.17, 15) is 4.79 Å². The molecular weight excluding hydrogens is 378 g/mol. The van der Waals surface area contributed by atoms with E-state index in [1.165, 1.54) is 5.56 Å². The van der Waals surface area contributed by atoms with Gasteiger partial charge in [-0.2, -0.15) is 0 Å². The summed E-state index contributed by atoms with van der Waals surface area (Å²) in [4.78, 5) is 16.7. The number of thiazole rings is 1. The van der Waals surface area contributed by atoms with Crippen LogP contribution in [0, 0.1) is 20.8 Å². The molecule has 3 aromatic rings. The number of carbonyl (C=O) groups excluding carboxylic acids is 1. The Bertz CT molecular complexity index is 881. The standard InChI is InChI=1S/C20H23N3O2S2/c1-13-4-6-16(7-5-13)20-22-17(10-27-20)8-9-21-19(24)12-26-11-18-14(2)23-25-15(18)3/h4-7,10H,8-9,11-12H2,1-3H3,(H,21,24). The van der Waals surface area contributed by atoms with Crippen LogP contribution in [-0.2, 0) is 17.0 Å². The lowest BCUT2D eigenvalue weighted by Crippen LogP contribution is -2.27. The van der Waals surface area contributed by atoms with Gasteiger partial charge in [-0.05, 0) is 20.8 Å². The number of aromatic nitrogens is 2. The van der Waals surface area contributed by atoms with Crippen LogP contribution in [0.2, 0.25) is 0 Å². The Balaban J connectivity index is 1.39. The van der Waals surface area contributed by atoms with Crippen LogP contribution in [0.4, 0.5) is 0 Å². The van der Waals surface area contributed by atoms with Crippen molar-refractivity contribution >= 4 is 29.0 Å². The molecule has 0 unspecified atom stereocenters. The van der Waals surface area contributed by atoms with Gasteiger partial charge < -0.3 is 9.84 Å². The van der Waals surface area contributed by atoms with Gasteiger partial charge in [-0.25, -0.2) is 4.98 Å². The van der Waals surface area contributed by atoms with Crippen LogP contribution < -0.4 is 5.32 Å². The van der Waals surface area contributed by atoms with Crippen molar-refractivity contribution < 1.29 is 9.32 Å². The molecule has 0 bridgehead atoms. The fraction of sp³-hybridized carbons (Fsp3) is 0.350. The van der Waals surface area contributed by atoms with Crippen molar-refractivity contribution in [2.75, 3.05) is 12.3 Å². The summed E-state index contributed by atoms with van der Waals surface area (Å²) in [6.45, 7) is 6.49. The van der Waals surface area contributed by atoms with Gasteiger partial charge in [0.1, 0.15) is 10.8 Å². The summed E-state index contributed by atoms with van der Waals surface area (Å²) in [6.07, 6.45) is 0.739. The van der Waals surface area contributed by atoms with Gasteiger partial charge in [-0.3, -0.25) is 4.79 Å². The summed E-state index contributed by atoms with van der Waals surface area (Å²) in [7, 11) is 0. The van der Waals surface area contributed by atoms with E-state index in [1.807, 2.05) is 13.8 Å². The largest absolute Gasteiger partial charge is 0.361 e. The molecule has 5 nitrogen and oxygen atoms in total. The number of thioether (sulfide) groups is 1. The molecule has 2 heterocycles. The lowest BCUT2D eigenvalue weighted by molar-refractivity contribution is -0.118. The predicted molar refractivity (Wildman–Crippen MR) is 111 cm³/mol. The van der Waals surface area contributed by atoms with Gasteiger partial charge in [0.05, 0.1) is 17.1 Å². The van der Waals surface area contributed by atoms with Gasteiger partial charge in [0.15, 0.2) is 0 Å². The molecule has 0 aliphatic carbocycles. The Morgan fingerprint density at radius 1 is 1.22 bits per heavy atom. The van der Waals surface area contributed by atoms with E-state index in [2.05, 4.69) is 52.0 Å². The van der Waals surface area contributed by atoms with E-state index in [0.717, 1.165) is 45.5 Å². The molecule has 0 aliphatic heterocycles. The van der Waals surface area contributed by atoms with E-state index in [4.69, 9.17) is 4.52 Å². The third kappa shape index (κ3) is 5.43. The van der Waals surface area contributed by atoms with Gasteiger partial charge in [-0.15, -0.1) is 23.1 Å². The fourth-order valence-corrected chi connectivity index (χ4v) is 4.45. The Hall–Kier alpha value is -2.12. The SMILES string of the molecule is Cc1ccc(-c2nc(CCNC(=O)CSCc3c(C)noc3C)cs2)cc1. The number of aryl methyl sites for hydroxylation is 3. The number of carbonyl (C=O) groups is 1. The second kappa shape index (κ2) is 9.19. The van der Waals surface area contributed by atoms with Crippen molar-refractivity contribution in [1.29, 1.82) is 0 Å². The maximum atomic E-state index is 12.0. The Labute approximate surface area is 167 Å². The minimum absolute atomic E-state index is 0.0424. The first kappa shape index (κ1) is 19.6. The van der Waals surface area contributed by atoms with Gasteiger partial charge in [0.2, 0.25) is 5.91 Å². The summed E-state index contributed by atoms with van der Waals surface area (Å²) in [5, 5.41) is 9.98. The molecule has 27 heavy (non-hydrogen) atoms. The molecule has 0 fully saturated rings. The van der Waals surface area contributed by atoms with Crippen molar-refractivity contribution in [2.45, 2.75) is 32.9 Å². The number of rotatable bonds is 8. The second-order valence-corrected chi connectivity index (χ2v) is 8.25. The first-order chi connectivity index (χ1) is 13.0. The van der Waals surface area contributed by atoms with Crippen LogP contribution in [0.15, 0.2) is 34.2 Å². The molecule has 0 saturated heterocycles. The van der Waals surface area contributed by atoms with Gasteiger partial charge in [-0.1, -0.05) is 35.0 Å². The highest BCUT2D eigenvalue weighted by molar-refractivity contribution is 7.99. The highest BCUT2D eigenvalue weighted by Crippen LogP contribution is 2.24. The molecule has 0 atom stereocenters. The number of hydrogen-bond acceptors (Lipinski definition) is 6. The maximum Gasteiger partial charge on any atom is 0.230 e. The topological polar surface area (TPSA) is 68.0 Å². The lowest BCUT2D eigenvalue weighted by Gasteiger charge is -2.04. The molecule has 142 valence electrons. The minimum atomic E-state index is 0.0424. The summed E-state index contributed by atoms with van der Waals surface area (Å²) in [5.74, 6) is 2.03. The molecule has 0 aliphatic rings. The first-order valence-corrected chi connectivity index (χ1v) is 10.8. The van der Waals surface area contributed by atoms with Crippen molar-refractivity contribution in [3.8, 4) is 10.6 Å². The van der Waals surface area contributed by atoms with Gasteiger partial charge >= 0.3 is 0 Å². The average molecular weight is 402 g/mol. The van der Waals surface area contributed by atoms with Crippen molar-refractivity contribution in [3.63, 3.8) is 0 Å². The Kier molecular flexibility index (Phi) is 6.68. The maximum absolute atomic E-state index is 12.0. The number of amides is 1. The van der Waals surface area contributed by atoms with Crippen LogP contribution in [0.1, 0.15) is 28.3 Å². The van der Waals surface area contributed by atoms with Crippen molar-refractivity contribution in [1.82, 2.24) is 15.5 Å². The van der Waals surface area contributed by atoms with E-state index >= 15 is 0 Å². The molecule has 3 rings (SSSR count). The molecule has 7 heteroatoms. The lowest BCUT2D eigenvalue weighted by atomic mass is 10.2. The van der Waals surface area contributed by atoms with E-state index < -0.39 is 0 Å². The van der Waals surface area contributed by atoms with Crippen molar-refractivity contribution in [3.05, 3.63) is 57.9 Å². The van der Waals surface area contributed by atoms with Crippen LogP contribution in [0.25, 0.3) is 10.6 Å². The molecule has 1 amide bonds. The van der Waals surface area contributed by atoms with E-state index in [1.54, 1.807) is 23.1 Å². The third-order valence-corrected chi connectivity index (χ3v) is 6.11. The fourth-order valence-electron chi connectivity index (χ4n) is 2.59. The molecule has 0 spiro atoms. The molecular formula is C20H23N3O2S2. The van der Waals surface area contributed by atoms with E-state index in [0.29, 0.717) is 12.3 Å². The first-order valence-electron chi connectivity index (χ1n) is 8.80. The van der Waals surface area contributed by atoms with Gasteiger partial charge in [0, 0.05) is 35.2 Å². The monoisotopic (exact) mass is 401 g/mol. The number of hydrogen-bond donors (Lipinski definition) is 1. The highest BCUT2D eigenvalue weighted by atomic mass is 32.2. The molecule has 0 radical (unpaired) electrons. The van der Waals surface area contributed by atoms with E-state index in [-0.39, 0.29) is 5.91 Å².